The molecule has 2 N–H and O–H groups in total. The number of hydrogen-bond donors (Lipinski definition) is 2. The second-order valence-electron chi connectivity index (χ2n) is 5.59. The molecule has 2 aromatic carbocycles. The van der Waals surface area contributed by atoms with E-state index < -0.39 is 0 Å². The first-order chi connectivity index (χ1) is 11.2. The number of carbonyl (C=O) groups is 1. The van der Waals surface area contributed by atoms with Gasteiger partial charge in [-0.05, 0) is 30.5 Å². The smallest absolute Gasteiger partial charge is 0.239 e. The van der Waals surface area contributed by atoms with Gasteiger partial charge in [0.1, 0.15) is 0 Å². The number of anilines is 1. The zero-order valence-corrected chi connectivity index (χ0v) is 13.5. The Balaban J connectivity index is 1.97. The number of hydrogen-bond acceptors (Lipinski definition) is 3. The fraction of sp³-hybridized carbons (Fsp3) is 0.316. The summed E-state index contributed by atoms with van der Waals surface area (Å²) in [4.78, 5) is 14.3. The van der Waals surface area contributed by atoms with Crippen LogP contribution in [0.3, 0.4) is 0 Å². The van der Waals surface area contributed by atoms with Gasteiger partial charge in [-0.25, -0.2) is 0 Å². The third-order valence-electron chi connectivity index (χ3n) is 3.77. The molecule has 0 aliphatic carbocycles. The summed E-state index contributed by atoms with van der Waals surface area (Å²) in [6.07, 6.45) is 1.38. The van der Waals surface area contributed by atoms with Crippen LogP contribution in [0.5, 0.6) is 0 Å². The summed E-state index contributed by atoms with van der Waals surface area (Å²) in [5.74, 6) is -0.0249. The summed E-state index contributed by atoms with van der Waals surface area (Å²) in [7, 11) is 1.90. The molecule has 0 bridgehead atoms. The first-order valence-corrected chi connectivity index (χ1v) is 7.92. The molecule has 2 rings (SSSR count). The van der Waals surface area contributed by atoms with Crippen LogP contribution in [0.2, 0.25) is 0 Å². The predicted octanol–water partition coefficient (Wildman–Crippen LogP) is 2.75. The number of likely N-dealkylation sites (N-methyl/N-ethyl adjacent to an activating group) is 1. The number of nitrogens with one attached hydrogen (secondary N) is 1. The van der Waals surface area contributed by atoms with E-state index in [0.717, 1.165) is 17.7 Å². The quantitative estimate of drug-likeness (QED) is 0.788. The molecule has 0 fully saturated rings. The monoisotopic (exact) mass is 312 g/mol. The number of rotatable bonds is 8. The average Bonchev–Trinajstić information content (AvgIpc) is 2.60. The molecule has 0 aromatic heterocycles. The SMILES string of the molecule is CN(CC(=O)NC(CCCO)c1ccccc1)c1ccccc1. The molecular weight excluding hydrogens is 288 g/mol. The minimum atomic E-state index is -0.0694. The number of aliphatic hydroxyl groups is 1. The van der Waals surface area contributed by atoms with Gasteiger partial charge in [0.15, 0.2) is 0 Å². The highest BCUT2D eigenvalue weighted by Crippen LogP contribution is 2.18. The molecule has 1 unspecified atom stereocenters. The molecule has 1 amide bonds. The van der Waals surface area contributed by atoms with E-state index in [4.69, 9.17) is 5.11 Å². The van der Waals surface area contributed by atoms with Crippen LogP contribution in [-0.2, 0) is 4.79 Å². The zero-order chi connectivity index (χ0) is 16.5. The van der Waals surface area contributed by atoms with Crippen molar-refractivity contribution in [2.75, 3.05) is 25.1 Å². The van der Waals surface area contributed by atoms with Crippen LogP contribution in [0.15, 0.2) is 60.7 Å². The Bertz CT molecular complexity index is 587. The highest BCUT2D eigenvalue weighted by atomic mass is 16.3. The third kappa shape index (κ3) is 5.42. The molecule has 0 aliphatic heterocycles. The van der Waals surface area contributed by atoms with Crippen LogP contribution in [0.4, 0.5) is 5.69 Å². The largest absolute Gasteiger partial charge is 0.396 e. The molecule has 122 valence electrons. The first kappa shape index (κ1) is 17.0. The maximum atomic E-state index is 12.4. The number of para-hydroxylation sites is 1. The lowest BCUT2D eigenvalue weighted by molar-refractivity contribution is -0.120. The Hall–Kier alpha value is -2.33. The summed E-state index contributed by atoms with van der Waals surface area (Å²) in [6.45, 7) is 0.426. The molecule has 4 nitrogen and oxygen atoms in total. The molecule has 1 atom stereocenters. The Morgan fingerprint density at radius 2 is 1.70 bits per heavy atom. The standard InChI is InChI=1S/C19H24N2O2/c1-21(17-11-6-3-7-12-17)15-19(23)20-18(13-8-14-22)16-9-4-2-5-10-16/h2-7,9-12,18,22H,8,13-15H2,1H3,(H,20,23). The van der Waals surface area contributed by atoms with Gasteiger partial charge in [0.25, 0.3) is 0 Å². The highest BCUT2D eigenvalue weighted by Gasteiger charge is 2.15. The highest BCUT2D eigenvalue weighted by molar-refractivity contribution is 5.81. The van der Waals surface area contributed by atoms with E-state index in [1.807, 2.05) is 72.6 Å². The van der Waals surface area contributed by atoms with E-state index in [9.17, 15) is 4.79 Å². The van der Waals surface area contributed by atoms with Crippen molar-refractivity contribution in [3.63, 3.8) is 0 Å². The molecule has 23 heavy (non-hydrogen) atoms. The lowest BCUT2D eigenvalue weighted by atomic mass is 10.0. The Morgan fingerprint density at radius 1 is 1.09 bits per heavy atom. The van der Waals surface area contributed by atoms with Crippen molar-refractivity contribution in [1.82, 2.24) is 5.32 Å². The maximum Gasteiger partial charge on any atom is 0.239 e. The number of benzene rings is 2. The van der Waals surface area contributed by atoms with Crippen LogP contribution >= 0.6 is 0 Å². The third-order valence-corrected chi connectivity index (χ3v) is 3.77. The zero-order valence-electron chi connectivity index (χ0n) is 13.5. The predicted molar refractivity (Wildman–Crippen MR) is 93.4 cm³/mol. The van der Waals surface area contributed by atoms with Crippen LogP contribution < -0.4 is 10.2 Å². The maximum absolute atomic E-state index is 12.4. The molecule has 0 saturated heterocycles. The van der Waals surface area contributed by atoms with Gasteiger partial charge in [-0.3, -0.25) is 4.79 Å². The molecule has 0 saturated carbocycles. The van der Waals surface area contributed by atoms with E-state index in [0.29, 0.717) is 13.0 Å². The van der Waals surface area contributed by atoms with E-state index in [1.165, 1.54) is 0 Å². The molecule has 0 heterocycles. The number of amides is 1. The van der Waals surface area contributed by atoms with Crippen LogP contribution in [0.25, 0.3) is 0 Å². The molecule has 0 radical (unpaired) electrons. The van der Waals surface area contributed by atoms with E-state index >= 15 is 0 Å². The number of nitrogens with zero attached hydrogens (tertiary/aromatic N) is 1. The Kier molecular flexibility index (Phi) is 6.63. The second-order valence-corrected chi connectivity index (χ2v) is 5.59. The summed E-state index contributed by atoms with van der Waals surface area (Å²) >= 11 is 0. The fourth-order valence-corrected chi connectivity index (χ4v) is 2.53. The van der Waals surface area contributed by atoms with Crippen LogP contribution in [-0.4, -0.2) is 31.2 Å². The lowest BCUT2D eigenvalue weighted by Gasteiger charge is -2.23. The van der Waals surface area contributed by atoms with Crippen molar-refractivity contribution in [3.8, 4) is 0 Å². The van der Waals surface area contributed by atoms with Gasteiger partial charge in [0, 0.05) is 19.3 Å². The summed E-state index contributed by atoms with van der Waals surface area (Å²) in [6, 6.07) is 19.6. The number of carbonyl (C=O) groups excluding carboxylic acids is 1. The normalized spacial score (nSPS) is 11.7. The molecule has 4 heteroatoms. The van der Waals surface area contributed by atoms with Gasteiger partial charge in [-0.2, -0.15) is 0 Å². The fourth-order valence-electron chi connectivity index (χ4n) is 2.53. The molecule has 0 aliphatic rings. The second kappa shape index (κ2) is 8.96. The van der Waals surface area contributed by atoms with Gasteiger partial charge < -0.3 is 15.3 Å². The Morgan fingerprint density at radius 3 is 2.30 bits per heavy atom. The van der Waals surface area contributed by atoms with Gasteiger partial charge >= 0.3 is 0 Å². The van der Waals surface area contributed by atoms with E-state index in [-0.39, 0.29) is 18.6 Å². The topological polar surface area (TPSA) is 52.6 Å². The van der Waals surface area contributed by atoms with Gasteiger partial charge in [0.2, 0.25) is 5.91 Å². The summed E-state index contributed by atoms with van der Waals surface area (Å²) in [5.41, 5.74) is 2.07. The van der Waals surface area contributed by atoms with Crippen molar-refractivity contribution in [1.29, 1.82) is 0 Å². The lowest BCUT2D eigenvalue weighted by Crippen LogP contribution is -2.37. The van der Waals surface area contributed by atoms with E-state index in [1.54, 1.807) is 0 Å². The van der Waals surface area contributed by atoms with Crippen LogP contribution in [0.1, 0.15) is 24.4 Å². The van der Waals surface area contributed by atoms with Crippen molar-refractivity contribution in [2.24, 2.45) is 0 Å². The van der Waals surface area contributed by atoms with Crippen molar-refractivity contribution in [2.45, 2.75) is 18.9 Å². The van der Waals surface area contributed by atoms with Gasteiger partial charge in [0.05, 0.1) is 12.6 Å². The molecule has 0 spiro atoms. The van der Waals surface area contributed by atoms with Gasteiger partial charge in [-0.1, -0.05) is 48.5 Å². The van der Waals surface area contributed by atoms with Crippen molar-refractivity contribution in [3.05, 3.63) is 66.2 Å². The van der Waals surface area contributed by atoms with Gasteiger partial charge in [-0.15, -0.1) is 0 Å². The summed E-state index contributed by atoms with van der Waals surface area (Å²) in [5, 5.41) is 12.1. The van der Waals surface area contributed by atoms with Crippen molar-refractivity contribution >= 4 is 11.6 Å². The van der Waals surface area contributed by atoms with Crippen molar-refractivity contribution < 1.29 is 9.90 Å². The minimum Gasteiger partial charge on any atom is -0.396 e. The minimum absolute atomic E-state index is 0.0249. The molecule has 2 aromatic rings. The van der Waals surface area contributed by atoms with E-state index in [2.05, 4.69) is 5.32 Å². The number of aliphatic hydroxyl groups excluding tert-OH is 1. The van der Waals surface area contributed by atoms with Crippen LogP contribution in [0, 0.1) is 0 Å². The molecular formula is C19H24N2O2. The average molecular weight is 312 g/mol. The Labute approximate surface area is 137 Å². The summed E-state index contributed by atoms with van der Waals surface area (Å²) < 4.78 is 0. The first-order valence-electron chi connectivity index (χ1n) is 7.92.